The van der Waals surface area contributed by atoms with Gasteiger partial charge in [0.15, 0.2) is 11.6 Å². The lowest BCUT2D eigenvalue weighted by atomic mass is 10.0. The number of aryl methyl sites for hydroxylation is 1. The van der Waals surface area contributed by atoms with E-state index in [-0.39, 0.29) is 30.6 Å². The van der Waals surface area contributed by atoms with E-state index in [0.717, 1.165) is 69.2 Å². The molecule has 3 N–H and O–H groups in total. The molecule has 1 unspecified atom stereocenters. The fraction of sp³-hybridized carbons (Fsp3) is 0.632. The molecule has 0 aromatic carbocycles. The van der Waals surface area contributed by atoms with E-state index in [1.807, 2.05) is 28.8 Å². The minimum absolute atomic E-state index is 0. The number of hydrogen-bond donors (Lipinski definition) is 3. The summed E-state index contributed by atoms with van der Waals surface area (Å²) in [4.78, 5) is 4.69. The summed E-state index contributed by atoms with van der Waals surface area (Å²) in [7, 11) is 0. The summed E-state index contributed by atoms with van der Waals surface area (Å²) in [5, 5.41) is 24.3. The largest absolute Gasteiger partial charge is 0.396 e. The van der Waals surface area contributed by atoms with Gasteiger partial charge in [-0.15, -0.1) is 34.2 Å². The van der Waals surface area contributed by atoms with Gasteiger partial charge < -0.3 is 15.7 Å². The number of rotatable bonds is 11. The first-order valence-corrected chi connectivity index (χ1v) is 9.70. The second kappa shape index (κ2) is 13.7. The van der Waals surface area contributed by atoms with Gasteiger partial charge in [-0.2, -0.15) is 0 Å². The first kappa shape index (κ1) is 23.6. The van der Waals surface area contributed by atoms with Crippen LogP contribution in [0.25, 0.3) is 5.65 Å². The highest BCUT2D eigenvalue weighted by molar-refractivity contribution is 14.0. The van der Waals surface area contributed by atoms with Crippen LogP contribution in [0.3, 0.4) is 0 Å². The fourth-order valence-electron chi connectivity index (χ4n) is 2.99. The number of aromatic nitrogens is 3. The molecule has 2 rings (SSSR count). The third-order valence-electron chi connectivity index (χ3n) is 4.34. The molecular weight excluding hydrogens is 455 g/mol. The molecule has 7 nitrogen and oxygen atoms in total. The maximum Gasteiger partial charge on any atom is 0.191 e. The first-order valence-electron chi connectivity index (χ1n) is 9.70. The van der Waals surface area contributed by atoms with E-state index >= 15 is 0 Å². The Kier molecular flexibility index (Phi) is 12.0. The van der Waals surface area contributed by atoms with Crippen molar-refractivity contribution >= 4 is 35.6 Å². The molecule has 0 bridgehead atoms. The highest BCUT2D eigenvalue weighted by Gasteiger charge is 2.08. The molecule has 8 heteroatoms. The second-order valence-corrected chi connectivity index (χ2v) is 6.46. The maximum absolute atomic E-state index is 9.18. The van der Waals surface area contributed by atoms with Crippen molar-refractivity contribution in [2.24, 2.45) is 10.9 Å². The van der Waals surface area contributed by atoms with E-state index in [1.165, 1.54) is 0 Å². The van der Waals surface area contributed by atoms with E-state index in [4.69, 9.17) is 0 Å². The number of halogens is 1. The van der Waals surface area contributed by atoms with Crippen LogP contribution in [0.2, 0.25) is 0 Å². The predicted molar refractivity (Wildman–Crippen MR) is 121 cm³/mol. The number of nitrogens with zero attached hydrogens (tertiary/aromatic N) is 4. The minimum Gasteiger partial charge on any atom is -0.396 e. The highest BCUT2D eigenvalue weighted by atomic mass is 127. The van der Waals surface area contributed by atoms with Gasteiger partial charge >= 0.3 is 0 Å². The van der Waals surface area contributed by atoms with Crippen LogP contribution in [0, 0.1) is 5.92 Å². The Bertz CT molecular complexity index is 669. The lowest BCUT2D eigenvalue weighted by Gasteiger charge is -2.15. The Hall–Kier alpha value is -1.42. The number of hydrogen-bond acceptors (Lipinski definition) is 4. The molecule has 0 saturated heterocycles. The molecule has 0 spiro atoms. The van der Waals surface area contributed by atoms with Gasteiger partial charge in [-0.1, -0.05) is 19.4 Å². The smallest absolute Gasteiger partial charge is 0.191 e. The normalized spacial score (nSPS) is 12.6. The third kappa shape index (κ3) is 8.00. The first-order chi connectivity index (χ1) is 12.8. The Balaban J connectivity index is 0.00000364. The van der Waals surface area contributed by atoms with Gasteiger partial charge in [0, 0.05) is 38.9 Å². The van der Waals surface area contributed by atoms with E-state index < -0.39 is 0 Å². The summed E-state index contributed by atoms with van der Waals surface area (Å²) in [5.41, 5.74) is 0.885. The summed E-state index contributed by atoms with van der Waals surface area (Å²) >= 11 is 0. The average molecular weight is 488 g/mol. The van der Waals surface area contributed by atoms with Crippen LogP contribution in [-0.4, -0.2) is 51.9 Å². The number of guanidine groups is 1. The standard InChI is InChI=1S/C19H32N6O.HI/c1-3-8-16(11-14-26)15-22-19(20-4-2)21-12-7-10-18-24-23-17-9-5-6-13-25(17)18;/h5-6,9,13,16,26H,3-4,7-8,10-12,14-15H2,1-2H3,(H2,20,21,22);1H. The molecule has 0 radical (unpaired) electrons. The minimum atomic E-state index is 0. The Labute approximate surface area is 179 Å². The Morgan fingerprint density at radius 2 is 2.07 bits per heavy atom. The molecule has 0 aliphatic rings. The molecule has 0 fully saturated rings. The summed E-state index contributed by atoms with van der Waals surface area (Å²) in [6, 6.07) is 5.92. The molecule has 1 atom stereocenters. The van der Waals surface area contributed by atoms with Gasteiger partial charge in [0.05, 0.1) is 0 Å². The van der Waals surface area contributed by atoms with Gasteiger partial charge in [-0.3, -0.25) is 9.39 Å². The van der Waals surface area contributed by atoms with E-state index in [2.05, 4.69) is 39.7 Å². The van der Waals surface area contributed by atoms with Gasteiger partial charge in [0.1, 0.15) is 5.82 Å². The highest BCUT2D eigenvalue weighted by Crippen LogP contribution is 2.11. The van der Waals surface area contributed by atoms with Crippen molar-refractivity contribution in [2.45, 2.75) is 46.0 Å². The summed E-state index contributed by atoms with van der Waals surface area (Å²) in [6.07, 6.45) is 6.85. The second-order valence-electron chi connectivity index (χ2n) is 6.46. The van der Waals surface area contributed by atoms with Crippen LogP contribution in [0.5, 0.6) is 0 Å². The number of nitrogens with one attached hydrogen (secondary N) is 2. The molecular formula is C19H33IN6O. The third-order valence-corrected chi connectivity index (χ3v) is 4.34. The summed E-state index contributed by atoms with van der Waals surface area (Å²) < 4.78 is 2.03. The number of aliphatic hydroxyl groups is 1. The van der Waals surface area contributed by atoms with Crippen LogP contribution >= 0.6 is 24.0 Å². The van der Waals surface area contributed by atoms with E-state index in [9.17, 15) is 5.11 Å². The molecule has 0 aliphatic carbocycles. The lowest BCUT2D eigenvalue weighted by Crippen LogP contribution is -2.38. The van der Waals surface area contributed by atoms with E-state index in [0.29, 0.717) is 5.92 Å². The van der Waals surface area contributed by atoms with Crippen molar-refractivity contribution in [3.63, 3.8) is 0 Å². The van der Waals surface area contributed by atoms with Crippen molar-refractivity contribution in [3.8, 4) is 0 Å². The molecule has 0 aliphatic heterocycles. The average Bonchev–Trinajstić information content (AvgIpc) is 3.06. The number of aliphatic hydroxyl groups excluding tert-OH is 1. The maximum atomic E-state index is 9.18. The summed E-state index contributed by atoms with van der Waals surface area (Å²) in [5.74, 6) is 2.27. The van der Waals surface area contributed by atoms with Crippen LogP contribution in [0.1, 0.15) is 45.4 Å². The van der Waals surface area contributed by atoms with E-state index in [1.54, 1.807) is 0 Å². The van der Waals surface area contributed by atoms with Crippen LogP contribution < -0.4 is 10.6 Å². The quantitative estimate of drug-likeness (QED) is 0.196. The van der Waals surface area contributed by atoms with Gasteiger partial charge in [0.2, 0.25) is 0 Å². The monoisotopic (exact) mass is 488 g/mol. The number of fused-ring (bicyclic) bond motifs is 1. The number of pyridine rings is 1. The van der Waals surface area contributed by atoms with Crippen molar-refractivity contribution in [1.82, 2.24) is 25.2 Å². The zero-order valence-corrected chi connectivity index (χ0v) is 18.7. The fourth-order valence-corrected chi connectivity index (χ4v) is 2.99. The van der Waals surface area contributed by atoms with Crippen molar-refractivity contribution < 1.29 is 5.11 Å². The molecule has 152 valence electrons. The molecule has 27 heavy (non-hydrogen) atoms. The lowest BCUT2D eigenvalue weighted by molar-refractivity contribution is 0.253. The van der Waals surface area contributed by atoms with Gasteiger partial charge in [0.25, 0.3) is 0 Å². The SMILES string of the molecule is CCCC(CCO)CN=C(NCC)NCCCc1nnc2ccccn12.I. The van der Waals surface area contributed by atoms with Crippen molar-refractivity contribution in [2.75, 3.05) is 26.2 Å². The van der Waals surface area contributed by atoms with Crippen LogP contribution in [-0.2, 0) is 6.42 Å². The van der Waals surface area contributed by atoms with Crippen LogP contribution in [0.4, 0.5) is 0 Å². The molecule has 0 saturated carbocycles. The molecule has 0 amide bonds. The molecule has 2 heterocycles. The predicted octanol–water partition coefficient (Wildman–Crippen LogP) is 2.63. The molecule has 2 aromatic heterocycles. The Morgan fingerprint density at radius 1 is 1.22 bits per heavy atom. The van der Waals surface area contributed by atoms with Gasteiger partial charge in [-0.25, -0.2) is 0 Å². The zero-order valence-electron chi connectivity index (χ0n) is 16.4. The number of aliphatic imine (C=N–C) groups is 1. The van der Waals surface area contributed by atoms with Gasteiger partial charge in [-0.05, 0) is 44.2 Å². The topological polar surface area (TPSA) is 86.8 Å². The molecule has 2 aromatic rings. The van der Waals surface area contributed by atoms with Crippen molar-refractivity contribution in [3.05, 3.63) is 30.2 Å². The summed E-state index contributed by atoms with van der Waals surface area (Å²) in [6.45, 7) is 6.88. The van der Waals surface area contributed by atoms with Crippen LogP contribution in [0.15, 0.2) is 29.4 Å². The Morgan fingerprint density at radius 3 is 2.81 bits per heavy atom. The zero-order chi connectivity index (χ0) is 18.6. The van der Waals surface area contributed by atoms with Crippen molar-refractivity contribution in [1.29, 1.82) is 0 Å².